The average Bonchev–Trinajstić information content (AvgIpc) is 3.09. The summed E-state index contributed by atoms with van der Waals surface area (Å²) in [6, 6.07) is 6.61. The number of carboxylic acid groups (broad SMARTS) is 2. The lowest BCUT2D eigenvalue weighted by Crippen LogP contribution is -2.11. The number of aromatic nitrogens is 2. The van der Waals surface area contributed by atoms with Gasteiger partial charge in [0.25, 0.3) is 0 Å². The zero-order chi connectivity index (χ0) is 20.8. The van der Waals surface area contributed by atoms with Crippen LogP contribution in [0.25, 0.3) is 10.2 Å². The van der Waals surface area contributed by atoms with Crippen LogP contribution in [-0.2, 0) is 6.54 Å². The minimum absolute atomic E-state index is 0.207. The summed E-state index contributed by atoms with van der Waals surface area (Å²) in [5.74, 6) is 2.16. The zero-order valence-electron chi connectivity index (χ0n) is 16.2. The van der Waals surface area contributed by atoms with E-state index in [9.17, 15) is 4.39 Å². The fourth-order valence-electron chi connectivity index (χ4n) is 3.56. The van der Waals surface area contributed by atoms with Crippen LogP contribution in [0.3, 0.4) is 0 Å². The molecule has 0 spiro atoms. The number of benzene rings is 1. The normalized spacial score (nSPS) is 14.3. The molecule has 2 heterocycles. The third kappa shape index (κ3) is 5.63. The van der Waals surface area contributed by atoms with Crippen molar-refractivity contribution in [1.82, 2.24) is 9.97 Å². The van der Waals surface area contributed by atoms with Gasteiger partial charge in [0, 0.05) is 12.5 Å². The van der Waals surface area contributed by atoms with E-state index >= 15 is 0 Å². The summed E-state index contributed by atoms with van der Waals surface area (Å²) in [5, 5.41) is 20.7. The molecular formula is C21H24FN3O3S. The molecule has 0 unspecified atom stereocenters. The van der Waals surface area contributed by atoms with Crippen molar-refractivity contribution in [2.75, 3.05) is 5.32 Å². The third-order valence-electron chi connectivity index (χ3n) is 4.98. The molecule has 6 nitrogen and oxygen atoms in total. The maximum absolute atomic E-state index is 13.1. The predicted molar refractivity (Wildman–Crippen MR) is 112 cm³/mol. The number of nitrogens with zero attached hydrogens (tertiary/aromatic N) is 2. The van der Waals surface area contributed by atoms with Crippen LogP contribution >= 0.6 is 11.3 Å². The fourth-order valence-corrected chi connectivity index (χ4v) is 4.49. The quantitative estimate of drug-likeness (QED) is 0.480. The van der Waals surface area contributed by atoms with E-state index in [0.717, 1.165) is 27.4 Å². The second kappa shape index (κ2) is 9.65. The van der Waals surface area contributed by atoms with Gasteiger partial charge in [0.1, 0.15) is 22.3 Å². The number of fused-ring (bicyclic) bond motifs is 1. The van der Waals surface area contributed by atoms with Crippen LogP contribution in [0, 0.1) is 12.7 Å². The summed E-state index contributed by atoms with van der Waals surface area (Å²) >= 11 is 1.69. The van der Waals surface area contributed by atoms with Gasteiger partial charge in [-0.05, 0) is 48.4 Å². The van der Waals surface area contributed by atoms with E-state index < -0.39 is 6.16 Å². The Morgan fingerprint density at radius 1 is 1.17 bits per heavy atom. The predicted octanol–water partition coefficient (Wildman–Crippen LogP) is 6.02. The highest BCUT2D eigenvalue weighted by Crippen LogP contribution is 2.35. The summed E-state index contributed by atoms with van der Waals surface area (Å²) in [6.07, 6.45) is 4.41. The summed E-state index contributed by atoms with van der Waals surface area (Å²) in [7, 11) is 0. The lowest BCUT2D eigenvalue weighted by molar-refractivity contribution is 0.137. The Bertz CT molecular complexity index is 965. The highest BCUT2D eigenvalue weighted by atomic mass is 32.1. The van der Waals surface area contributed by atoms with Gasteiger partial charge in [-0.25, -0.2) is 19.2 Å². The largest absolute Gasteiger partial charge is 0.503 e. The van der Waals surface area contributed by atoms with Gasteiger partial charge in [-0.15, -0.1) is 11.3 Å². The number of carbonyl (C=O) groups is 1. The second-order valence-corrected chi connectivity index (χ2v) is 7.98. The molecule has 0 aliphatic heterocycles. The van der Waals surface area contributed by atoms with Crippen LogP contribution in [0.1, 0.15) is 55.0 Å². The van der Waals surface area contributed by atoms with Gasteiger partial charge in [0.05, 0.1) is 5.39 Å². The minimum atomic E-state index is -1.83. The van der Waals surface area contributed by atoms with Gasteiger partial charge < -0.3 is 15.5 Å². The molecule has 0 radical (unpaired) electrons. The monoisotopic (exact) mass is 417 g/mol. The Labute approximate surface area is 172 Å². The van der Waals surface area contributed by atoms with E-state index in [2.05, 4.69) is 17.6 Å². The highest BCUT2D eigenvalue weighted by molar-refractivity contribution is 7.17. The van der Waals surface area contributed by atoms with Crippen molar-refractivity contribution < 1.29 is 19.4 Å². The number of hydrogen-bond donors (Lipinski definition) is 3. The Hall–Kier alpha value is -2.74. The molecule has 8 heteroatoms. The molecule has 1 fully saturated rings. The van der Waals surface area contributed by atoms with Gasteiger partial charge in [0.15, 0.2) is 0 Å². The first-order valence-corrected chi connectivity index (χ1v) is 10.5. The molecule has 0 atom stereocenters. The minimum Gasteiger partial charge on any atom is -0.450 e. The van der Waals surface area contributed by atoms with Crippen LogP contribution in [0.15, 0.2) is 29.6 Å². The molecule has 0 saturated heterocycles. The number of aryl methyl sites for hydroxylation is 1. The first-order valence-electron chi connectivity index (χ1n) is 9.60. The molecule has 1 aromatic carbocycles. The standard InChI is InChI=1S/C20H22FN3S.CH2O3/c1-13-12-25-20-17(13)19(22-11-14-7-9-16(21)10-8-14)23-18(24-20)15-5-3-2-4-6-15;2-1(3)4/h7-10,12,15H,2-6,11H2,1H3,(H,22,23,24);(H2,2,3,4). The molecule has 29 heavy (non-hydrogen) atoms. The van der Waals surface area contributed by atoms with Crippen LogP contribution in [0.5, 0.6) is 0 Å². The number of hydrogen-bond acceptors (Lipinski definition) is 5. The van der Waals surface area contributed by atoms with Gasteiger partial charge in [-0.2, -0.15) is 0 Å². The van der Waals surface area contributed by atoms with Gasteiger partial charge in [-0.1, -0.05) is 31.4 Å². The van der Waals surface area contributed by atoms with Crippen LogP contribution in [0.4, 0.5) is 15.0 Å². The number of thiophene rings is 1. The molecule has 1 saturated carbocycles. The van der Waals surface area contributed by atoms with Crippen LogP contribution in [0.2, 0.25) is 0 Å². The Balaban J connectivity index is 0.000000552. The Morgan fingerprint density at radius 3 is 2.48 bits per heavy atom. The maximum atomic E-state index is 13.1. The molecule has 1 aliphatic rings. The van der Waals surface area contributed by atoms with E-state index in [1.165, 1.54) is 49.8 Å². The average molecular weight is 418 g/mol. The molecule has 0 amide bonds. The Kier molecular flexibility index (Phi) is 6.98. The summed E-state index contributed by atoms with van der Waals surface area (Å²) < 4.78 is 13.1. The smallest absolute Gasteiger partial charge is 0.450 e. The van der Waals surface area contributed by atoms with E-state index in [0.29, 0.717) is 12.5 Å². The first kappa shape index (κ1) is 21.0. The SMILES string of the molecule is Cc1csc2nc(C3CCCCC3)nc(NCc3ccc(F)cc3)c12.O=C(O)O. The van der Waals surface area contributed by atoms with Gasteiger partial charge in [0.2, 0.25) is 0 Å². The Morgan fingerprint density at radius 2 is 1.83 bits per heavy atom. The van der Waals surface area contributed by atoms with E-state index in [-0.39, 0.29) is 5.82 Å². The van der Waals surface area contributed by atoms with E-state index in [1.807, 2.05) is 12.1 Å². The zero-order valence-corrected chi connectivity index (χ0v) is 17.0. The third-order valence-corrected chi connectivity index (χ3v) is 5.97. The lowest BCUT2D eigenvalue weighted by Gasteiger charge is -2.21. The number of anilines is 1. The van der Waals surface area contributed by atoms with Crippen molar-refractivity contribution in [3.63, 3.8) is 0 Å². The fraction of sp³-hybridized carbons (Fsp3) is 0.381. The molecule has 154 valence electrons. The molecule has 2 aromatic heterocycles. The van der Waals surface area contributed by atoms with Crippen molar-refractivity contribution in [1.29, 1.82) is 0 Å². The molecule has 3 aromatic rings. The number of nitrogens with one attached hydrogen (secondary N) is 1. The van der Waals surface area contributed by atoms with Crippen molar-refractivity contribution in [3.05, 3.63) is 52.4 Å². The van der Waals surface area contributed by atoms with Crippen molar-refractivity contribution in [2.45, 2.75) is 51.5 Å². The van der Waals surface area contributed by atoms with Crippen molar-refractivity contribution in [3.8, 4) is 0 Å². The first-order chi connectivity index (χ1) is 13.9. The second-order valence-electron chi connectivity index (χ2n) is 7.13. The van der Waals surface area contributed by atoms with Crippen LogP contribution < -0.4 is 5.32 Å². The number of rotatable bonds is 4. The van der Waals surface area contributed by atoms with E-state index in [4.69, 9.17) is 25.0 Å². The summed E-state index contributed by atoms with van der Waals surface area (Å²) in [4.78, 5) is 19.4. The molecule has 3 N–H and O–H groups in total. The van der Waals surface area contributed by atoms with Crippen molar-refractivity contribution >= 4 is 33.5 Å². The molecule has 1 aliphatic carbocycles. The topological polar surface area (TPSA) is 95.3 Å². The molecule has 0 bridgehead atoms. The highest BCUT2D eigenvalue weighted by Gasteiger charge is 2.21. The molecular weight excluding hydrogens is 393 g/mol. The lowest BCUT2D eigenvalue weighted by atomic mass is 9.88. The summed E-state index contributed by atoms with van der Waals surface area (Å²) in [6.45, 7) is 2.73. The van der Waals surface area contributed by atoms with Gasteiger partial charge in [-0.3, -0.25) is 0 Å². The van der Waals surface area contributed by atoms with E-state index in [1.54, 1.807) is 11.3 Å². The van der Waals surface area contributed by atoms with Crippen molar-refractivity contribution in [2.24, 2.45) is 0 Å². The number of halogens is 1. The molecule has 4 rings (SSSR count). The van der Waals surface area contributed by atoms with Gasteiger partial charge >= 0.3 is 6.16 Å². The maximum Gasteiger partial charge on any atom is 0.503 e. The van der Waals surface area contributed by atoms with Crippen LogP contribution in [-0.4, -0.2) is 26.3 Å². The summed E-state index contributed by atoms with van der Waals surface area (Å²) in [5.41, 5.74) is 2.25.